The van der Waals surface area contributed by atoms with Crippen LogP contribution in [0.3, 0.4) is 0 Å². The quantitative estimate of drug-likeness (QED) is 0.865. The van der Waals surface area contributed by atoms with Gasteiger partial charge in [0, 0.05) is 32.6 Å². The fourth-order valence-electron chi connectivity index (χ4n) is 2.20. The third-order valence-corrected chi connectivity index (χ3v) is 3.89. The average Bonchev–Trinajstić information content (AvgIpc) is 2.64. The predicted molar refractivity (Wildman–Crippen MR) is 77.7 cm³/mol. The number of amides is 2. The molecule has 6 nitrogen and oxygen atoms in total. The van der Waals surface area contributed by atoms with Crippen LogP contribution in [0.5, 0.6) is 0 Å². The van der Waals surface area contributed by atoms with Crippen molar-refractivity contribution in [1.29, 1.82) is 0 Å². The third kappa shape index (κ3) is 3.50. The molecule has 0 bridgehead atoms. The van der Waals surface area contributed by atoms with Gasteiger partial charge in [0.2, 0.25) is 0 Å². The van der Waals surface area contributed by atoms with Gasteiger partial charge in [-0.1, -0.05) is 6.42 Å². The molecule has 1 atom stereocenters. The van der Waals surface area contributed by atoms with Crippen molar-refractivity contribution in [3.05, 3.63) is 11.8 Å². The summed E-state index contributed by atoms with van der Waals surface area (Å²) >= 11 is 0. The maximum absolute atomic E-state index is 12.0. The van der Waals surface area contributed by atoms with Crippen LogP contribution >= 0.6 is 0 Å². The molecule has 2 N–H and O–H groups in total. The Morgan fingerprint density at radius 3 is 2.90 bits per heavy atom. The second kappa shape index (κ2) is 6.26. The Labute approximate surface area is 119 Å². The van der Waals surface area contributed by atoms with Gasteiger partial charge in [0.05, 0.1) is 11.8 Å². The van der Waals surface area contributed by atoms with Gasteiger partial charge >= 0.3 is 6.03 Å². The van der Waals surface area contributed by atoms with Crippen LogP contribution in [0.1, 0.15) is 44.2 Å². The smallest absolute Gasteiger partial charge is 0.322 e. The van der Waals surface area contributed by atoms with Crippen molar-refractivity contribution in [3.8, 4) is 0 Å². The highest BCUT2D eigenvalue weighted by Crippen LogP contribution is 2.36. The summed E-state index contributed by atoms with van der Waals surface area (Å²) in [5.41, 5.74) is 1.07. The van der Waals surface area contributed by atoms with E-state index in [0.717, 1.165) is 11.5 Å². The van der Waals surface area contributed by atoms with Crippen molar-refractivity contribution >= 4 is 11.8 Å². The Morgan fingerprint density at radius 1 is 1.65 bits per heavy atom. The first-order valence-corrected chi connectivity index (χ1v) is 7.21. The highest BCUT2D eigenvalue weighted by Gasteiger charge is 2.23. The monoisotopic (exact) mass is 280 g/mol. The van der Waals surface area contributed by atoms with Gasteiger partial charge in [-0.15, -0.1) is 0 Å². The lowest BCUT2D eigenvalue weighted by Gasteiger charge is -2.22. The zero-order valence-electron chi connectivity index (χ0n) is 12.5. The summed E-state index contributed by atoms with van der Waals surface area (Å²) in [6.45, 7) is 2.24. The summed E-state index contributed by atoms with van der Waals surface area (Å²) in [5, 5.41) is 16.6. The van der Waals surface area contributed by atoms with E-state index in [2.05, 4.69) is 10.4 Å². The molecule has 0 saturated heterocycles. The van der Waals surface area contributed by atoms with Gasteiger partial charge in [0.25, 0.3) is 0 Å². The number of hydrogen-bond acceptors (Lipinski definition) is 3. The van der Waals surface area contributed by atoms with E-state index in [1.165, 1.54) is 19.3 Å². The van der Waals surface area contributed by atoms with Gasteiger partial charge in [-0.3, -0.25) is 10.00 Å². The van der Waals surface area contributed by atoms with E-state index in [0.29, 0.717) is 18.9 Å². The Kier molecular flexibility index (Phi) is 4.65. The van der Waals surface area contributed by atoms with Gasteiger partial charge < -0.3 is 10.0 Å². The lowest BCUT2D eigenvalue weighted by atomic mass is 9.83. The van der Waals surface area contributed by atoms with Crippen molar-refractivity contribution < 1.29 is 9.90 Å². The van der Waals surface area contributed by atoms with Gasteiger partial charge in [-0.25, -0.2) is 4.79 Å². The molecule has 1 saturated carbocycles. The van der Waals surface area contributed by atoms with Crippen LogP contribution in [-0.4, -0.2) is 45.5 Å². The van der Waals surface area contributed by atoms with Crippen molar-refractivity contribution in [2.75, 3.05) is 18.9 Å². The summed E-state index contributed by atoms with van der Waals surface area (Å²) < 4.78 is 1.72. The first kappa shape index (κ1) is 14.8. The molecule has 1 fully saturated rings. The van der Waals surface area contributed by atoms with E-state index in [1.54, 1.807) is 23.6 Å². The molecule has 0 radical (unpaired) electrons. The van der Waals surface area contributed by atoms with E-state index in [4.69, 9.17) is 0 Å². The number of carbonyl (C=O) groups excluding carboxylic acids is 1. The zero-order valence-corrected chi connectivity index (χ0v) is 12.5. The summed E-state index contributed by atoms with van der Waals surface area (Å²) in [7, 11) is 3.56. The molecule has 1 aliphatic rings. The molecule has 0 spiro atoms. The highest BCUT2D eigenvalue weighted by molar-refractivity contribution is 5.88. The number of hydrogen-bond donors (Lipinski definition) is 2. The van der Waals surface area contributed by atoms with Crippen LogP contribution in [0, 0.1) is 0 Å². The molecule has 1 heterocycles. The fourth-order valence-corrected chi connectivity index (χ4v) is 2.20. The number of urea groups is 1. The summed E-state index contributed by atoms with van der Waals surface area (Å²) in [6, 6.07) is 1.79. The molecular weight excluding hydrogens is 256 g/mol. The number of aromatic nitrogens is 2. The Balaban J connectivity index is 1.91. The number of anilines is 1. The molecule has 0 aromatic carbocycles. The highest BCUT2D eigenvalue weighted by atomic mass is 16.3. The largest absolute Gasteiger partial charge is 0.393 e. The van der Waals surface area contributed by atoms with Gasteiger partial charge in [-0.05, 0) is 26.2 Å². The number of aryl methyl sites for hydroxylation is 1. The molecule has 1 aliphatic carbocycles. The summed E-state index contributed by atoms with van der Waals surface area (Å²) in [6.07, 6.45) is 3.83. The second-order valence-corrected chi connectivity index (χ2v) is 5.70. The third-order valence-electron chi connectivity index (χ3n) is 3.89. The van der Waals surface area contributed by atoms with Crippen LogP contribution in [0.25, 0.3) is 0 Å². The van der Waals surface area contributed by atoms with E-state index < -0.39 is 6.10 Å². The normalized spacial score (nSPS) is 16.6. The minimum atomic E-state index is -0.396. The SMILES string of the molecule is CC(O)CCN(C)C(=O)Nc1cc(C2CCC2)nn1C. The summed E-state index contributed by atoms with van der Waals surface area (Å²) in [4.78, 5) is 13.6. The predicted octanol–water partition coefficient (Wildman–Crippen LogP) is 1.92. The van der Waals surface area contributed by atoms with Crippen LogP contribution < -0.4 is 5.32 Å². The van der Waals surface area contributed by atoms with Gasteiger partial charge in [0.15, 0.2) is 0 Å². The first-order chi connectivity index (χ1) is 9.47. The minimum Gasteiger partial charge on any atom is -0.393 e. The molecule has 2 rings (SSSR count). The molecule has 1 aromatic rings. The van der Waals surface area contributed by atoms with E-state index >= 15 is 0 Å². The van der Waals surface area contributed by atoms with E-state index in [-0.39, 0.29) is 6.03 Å². The lowest BCUT2D eigenvalue weighted by Crippen LogP contribution is -2.33. The van der Waals surface area contributed by atoms with Gasteiger partial charge in [-0.2, -0.15) is 5.10 Å². The maximum Gasteiger partial charge on any atom is 0.322 e. The molecular formula is C14H24N4O2. The maximum atomic E-state index is 12.0. The summed E-state index contributed by atoms with van der Waals surface area (Å²) in [5.74, 6) is 1.28. The average molecular weight is 280 g/mol. The zero-order chi connectivity index (χ0) is 14.7. The van der Waals surface area contributed by atoms with Crippen molar-refractivity contribution in [2.24, 2.45) is 7.05 Å². The Bertz CT molecular complexity index is 466. The van der Waals surface area contributed by atoms with Crippen LogP contribution in [0.15, 0.2) is 6.07 Å². The lowest BCUT2D eigenvalue weighted by molar-refractivity contribution is 0.167. The van der Waals surface area contributed by atoms with Crippen molar-refractivity contribution in [3.63, 3.8) is 0 Å². The van der Waals surface area contributed by atoms with Crippen molar-refractivity contribution in [2.45, 2.75) is 44.6 Å². The number of nitrogens with one attached hydrogen (secondary N) is 1. The molecule has 6 heteroatoms. The number of nitrogens with zero attached hydrogens (tertiary/aromatic N) is 3. The van der Waals surface area contributed by atoms with E-state index in [1.807, 2.05) is 13.1 Å². The molecule has 2 amide bonds. The fraction of sp³-hybridized carbons (Fsp3) is 0.714. The Morgan fingerprint density at radius 2 is 2.35 bits per heavy atom. The molecule has 1 unspecified atom stereocenters. The van der Waals surface area contributed by atoms with Crippen LogP contribution in [0.4, 0.5) is 10.6 Å². The number of aliphatic hydroxyl groups excluding tert-OH is 1. The molecule has 0 aliphatic heterocycles. The number of rotatable bonds is 5. The topological polar surface area (TPSA) is 70.4 Å². The minimum absolute atomic E-state index is 0.172. The van der Waals surface area contributed by atoms with Crippen LogP contribution in [-0.2, 0) is 7.05 Å². The standard InChI is InChI=1S/C14H24N4O2/c1-10(19)7-8-17(2)14(20)15-13-9-12(16-18(13)3)11-5-4-6-11/h9-11,19H,4-8H2,1-3H3,(H,15,20). The van der Waals surface area contributed by atoms with Crippen molar-refractivity contribution in [1.82, 2.24) is 14.7 Å². The molecule has 112 valence electrons. The molecule has 1 aromatic heterocycles. The first-order valence-electron chi connectivity index (χ1n) is 7.21. The van der Waals surface area contributed by atoms with Gasteiger partial charge in [0.1, 0.15) is 5.82 Å². The second-order valence-electron chi connectivity index (χ2n) is 5.70. The van der Waals surface area contributed by atoms with E-state index in [9.17, 15) is 9.90 Å². The Hall–Kier alpha value is -1.56. The van der Waals surface area contributed by atoms with Crippen LogP contribution in [0.2, 0.25) is 0 Å². The number of aliphatic hydroxyl groups is 1. The molecule has 20 heavy (non-hydrogen) atoms. The number of carbonyl (C=O) groups is 1.